The summed E-state index contributed by atoms with van der Waals surface area (Å²) in [6.07, 6.45) is -16.2. The summed E-state index contributed by atoms with van der Waals surface area (Å²) in [7, 11) is 1.39. The van der Waals surface area contributed by atoms with Gasteiger partial charge < -0.3 is 69.0 Å². The van der Waals surface area contributed by atoms with E-state index in [2.05, 4.69) is 0 Å². The zero-order valence-corrected chi connectivity index (χ0v) is 22.4. The Labute approximate surface area is 237 Å². The Bertz CT molecular complexity index is 1490. The first-order valence-electron chi connectivity index (χ1n) is 13.0. The fourth-order valence-electron chi connectivity index (χ4n) is 5.14. The molecule has 0 radical (unpaired) electrons. The molecular weight excluding hydrogens is 564 g/mol. The Morgan fingerprint density at radius 2 is 1.40 bits per heavy atom. The van der Waals surface area contributed by atoms with E-state index in [1.54, 1.807) is 25.1 Å². The van der Waals surface area contributed by atoms with Crippen LogP contribution in [0.1, 0.15) is 5.76 Å². The third-order valence-corrected chi connectivity index (χ3v) is 7.42. The number of phenols is 1. The van der Waals surface area contributed by atoms with E-state index in [4.69, 9.17) is 28.1 Å². The van der Waals surface area contributed by atoms with E-state index in [1.165, 1.54) is 13.2 Å². The molecule has 15 nitrogen and oxygen atoms in total. The van der Waals surface area contributed by atoms with Crippen LogP contribution in [0.15, 0.2) is 33.5 Å². The fourth-order valence-corrected chi connectivity index (χ4v) is 5.14. The van der Waals surface area contributed by atoms with Crippen LogP contribution >= 0.6 is 0 Å². The summed E-state index contributed by atoms with van der Waals surface area (Å²) in [5, 5.41) is 83.1. The van der Waals surface area contributed by atoms with Gasteiger partial charge in [0.05, 0.1) is 25.7 Å². The molecule has 10 atom stereocenters. The predicted octanol–water partition coefficient (Wildman–Crippen LogP) is -2.03. The summed E-state index contributed by atoms with van der Waals surface area (Å²) in [5.74, 6) is 0.0328. The minimum Gasteiger partial charge on any atom is -0.506 e. The molecule has 0 spiro atoms. The first-order chi connectivity index (χ1) is 19.9. The van der Waals surface area contributed by atoms with Crippen LogP contribution in [0.4, 0.5) is 0 Å². The molecule has 2 saturated heterocycles. The van der Waals surface area contributed by atoms with Gasteiger partial charge in [-0.05, 0) is 35.9 Å². The average Bonchev–Trinajstić information content (AvgIpc) is 2.95. The standard InChI is InChI=1S/C27H32O15/c1-9-3-10-4-11-5-12(37-2)6-13(16(11)20(31)17(10)25(36)39-9)40-27-24(35)22(33)19(30)15(42-27)8-38-26-23(34)21(32)18(29)14(7-28)41-26/h3-6,14-15,18-19,21-24,26-35H,7-8H2,1-2H3/t14-,15+,18-,19-,21+,22+,23-,24-,26+,27-/m1/s1. The summed E-state index contributed by atoms with van der Waals surface area (Å²) in [4.78, 5) is 12.6. The molecule has 0 aliphatic carbocycles. The minimum atomic E-state index is -1.81. The van der Waals surface area contributed by atoms with E-state index >= 15 is 0 Å². The number of rotatable bonds is 7. The minimum absolute atomic E-state index is 0.0463. The zero-order valence-electron chi connectivity index (χ0n) is 22.4. The maximum atomic E-state index is 12.6. The second kappa shape index (κ2) is 11.9. The van der Waals surface area contributed by atoms with Gasteiger partial charge in [0.25, 0.3) is 0 Å². The lowest BCUT2D eigenvalue weighted by Gasteiger charge is -2.42. The summed E-state index contributed by atoms with van der Waals surface area (Å²) in [6, 6.07) is 6.12. The van der Waals surface area contributed by atoms with Crippen molar-refractivity contribution in [2.75, 3.05) is 20.3 Å². The second-order valence-corrected chi connectivity index (χ2v) is 10.2. The average molecular weight is 597 g/mol. The van der Waals surface area contributed by atoms with Crippen molar-refractivity contribution in [3.05, 3.63) is 40.4 Å². The second-order valence-electron chi connectivity index (χ2n) is 10.2. The van der Waals surface area contributed by atoms with Gasteiger partial charge >= 0.3 is 5.63 Å². The van der Waals surface area contributed by atoms with E-state index in [9.17, 15) is 45.6 Å². The molecule has 1 aromatic heterocycles. The van der Waals surface area contributed by atoms with Crippen LogP contribution in [0, 0.1) is 6.92 Å². The Balaban J connectivity index is 1.44. The summed E-state index contributed by atoms with van der Waals surface area (Å²) in [6.45, 7) is 0.330. The third kappa shape index (κ3) is 5.40. The highest BCUT2D eigenvalue weighted by Crippen LogP contribution is 2.42. The van der Waals surface area contributed by atoms with Gasteiger partial charge in [0.15, 0.2) is 6.29 Å². The molecule has 0 saturated carbocycles. The predicted molar refractivity (Wildman–Crippen MR) is 140 cm³/mol. The molecule has 230 valence electrons. The molecule has 2 fully saturated rings. The molecule has 15 heteroatoms. The van der Waals surface area contributed by atoms with Gasteiger partial charge in [0, 0.05) is 6.07 Å². The molecule has 5 rings (SSSR count). The number of aromatic hydroxyl groups is 1. The van der Waals surface area contributed by atoms with Crippen LogP contribution in [-0.4, -0.2) is 123 Å². The summed E-state index contributed by atoms with van der Waals surface area (Å²) in [5.41, 5.74) is -0.788. The molecular formula is C27H32O15. The quantitative estimate of drug-likeness (QED) is 0.137. The number of hydrogen-bond donors (Lipinski definition) is 8. The number of fused-ring (bicyclic) bond motifs is 2. The normalized spacial score (nSPS) is 33.6. The van der Waals surface area contributed by atoms with Gasteiger partial charge in [-0.15, -0.1) is 0 Å². The van der Waals surface area contributed by atoms with Crippen LogP contribution in [0.5, 0.6) is 17.2 Å². The molecule has 8 N–H and O–H groups in total. The van der Waals surface area contributed by atoms with Crippen molar-refractivity contribution in [1.82, 2.24) is 0 Å². The number of aliphatic hydroxyl groups excluding tert-OH is 7. The lowest BCUT2D eigenvalue weighted by atomic mass is 9.98. The maximum absolute atomic E-state index is 12.6. The lowest BCUT2D eigenvalue weighted by Crippen LogP contribution is -2.62. The van der Waals surface area contributed by atoms with E-state index < -0.39 is 86.0 Å². The smallest absolute Gasteiger partial charge is 0.347 e. The highest BCUT2D eigenvalue weighted by atomic mass is 16.7. The van der Waals surface area contributed by atoms with Crippen LogP contribution in [0.3, 0.4) is 0 Å². The monoisotopic (exact) mass is 596 g/mol. The van der Waals surface area contributed by atoms with E-state index in [-0.39, 0.29) is 22.3 Å². The topological polar surface area (TPSA) is 238 Å². The highest BCUT2D eigenvalue weighted by Gasteiger charge is 2.48. The van der Waals surface area contributed by atoms with Crippen molar-refractivity contribution in [3.8, 4) is 17.2 Å². The molecule has 0 bridgehead atoms. The van der Waals surface area contributed by atoms with Gasteiger partial charge in [-0.25, -0.2) is 4.79 Å². The van der Waals surface area contributed by atoms with E-state index in [0.717, 1.165) is 0 Å². The highest BCUT2D eigenvalue weighted by molar-refractivity contribution is 6.07. The maximum Gasteiger partial charge on any atom is 0.347 e. The van der Waals surface area contributed by atoms with Crippen molar-refractivity contribution in [1.29, 1.82) is 0 Å². The SMILES string of the molecule is COc1cc(O[C@@H]2O[C@@H](CO[C@H]3O[C@H](CO)[C@@H](O)[C@H](O)[C@H]3O)[C@@H](O)[C@H](O)[C@H]2O)c2c(O)c3c(=O)oc(C)cc3cc2c1. The van der Waals surface area contributed by atoms with Crippen molar-refractivity contribution in [2.45, 2.75) is 68.3 Å². The van der Waals surface area contributed by atoms with Crippen LogP contribution < -0.4 is 15.1 Å². The van der Waals surface area contributed by atoms with Gasteiger partial charge in [-0.2, -0.15) is 0 Å². The number of aryl methyl sites for hydroxylation is 1. The number of methoxy groups -OCH3 is 1. The Morgan fingerprint density at radius 3 is 2.07 bits per heavy atom. The number of aliphatic hydroxyl groups is 7. The molecule has 2 aliphatic heterocycles. The van der Waals surface area contributed by atoms with Crippen molar-refractivity contribution in [3.63, 3.8) is 0 Å². The fraction of sp³-hybridized carbons (Fsp3) is 0.519. The molecule has 2 aliphatic rings. The largest absolute Gasteiger partial charge is 0.506 e. The van der Waals surface area contributed by atoms with Gasteiger partial charge in [0.1, 0.15) is 77.2 Å². The van der Waals surface area contributed by atoms with Crippen LogP contribution in [0.2, 0.25) is 0 Å². The Morgan fingerprint density at radius 1 is 0.786 bits per heavy atom. The van der Waals surface area contributed by atoms with Crippen molar-refractivity contribution in [2.24, 2.45) is 0 Å². The Hall–Kier alpha value is -3.09. The molecule has 3 heterocycles. The Kier molecular flexibility index (Phi) is 8.60. The molecule has 0 amide bonds. The molecule has 3 aromatic rings. The number of ether oxygens (including phenoxy) is 5. The van der Waals surface area contributed by atoms with Crippen molar-refractivity contribution < 1.29 is 69.0 Å². The summed E-state index contributed by atoms with van der Waals surface area (Å²) >= 11 is 0. The molecule has 42 heavy (non-hydrogen) atoms. The van der Waals surface area contributed by atoms with Crippen molar-refractivity contribution >= 4 is 21.5 Å². The summed E-state index contributed by atoms with van der Waals surface area (Å²) < 4.78 is 32.8. The van der Waals surface area contributed by atoms with E-state index in [0.29, 0.717) is 16.5 Å². The first-order valence-corrected chi connectivity index (χ1v) is 13.0. The van der Waals surface area contributed by atoms with Crippen LogP contribution in [0.25, 0.3) is 21.5 Å². The lowest BCUT2D eigenvalue weighted by molar-refractivity contribution is -0.323. The number of hydrogen-bond acceptors (Lipinski definition) is 15. The van der Waals surface area contributed by atoms with Crippen LogP contribution in [-0.2, 0) is 14.2 Å². The third-order valence-electron chi connectivity index (χ3n) is 7.42. The van der Waals surface area contributed by atoms with E-state index in [1.807, 2.05) is 0 Å². The zero-order chi connectivity index (χ0) is 30.5. The van der Waals surface area contributed by atoms with Gasteiger partial charge in [-0.3, -0.25) is 0 Å². The molecule has 2 aromatic carbocycles. The molecule has 0 unspecified atom stereocenters. The number of benzene rings is 2. The van der Waals surface area contributed by atoms with Gasteiger partial charge in [-0.1, -0.05) is 0 Å². The number of phenolic OH excluding ortho intramolecular Hbond substituents is 1. The van der Waals surface area contributed by atoms with Gasteiger partial charge in [0.2, 0.25) is 6.29 Å². The first kappa shape index (κ1) is 30.4.